The molecule has 0 aliphatic rings. The molecular formula is C7H7BClNO4. The molecular weight excluding hydrogens is 208 g/mol. The van der Waals surface area contributed by atoms with Gasteiger partial charge in [0, 0.05) is 11.7 Å². The number of halogens is 1. The van der Waals surface area contributed by atoms with Crippen LogP contribution >= 0.6 is 11.6 Å². The molecule has 0 fully saturated rings. The quantitative estimate of drug-likeness (QED) is 0.446. The second-order valence-corrected chi connectivity index (χ2v) is 3.04. The van der Waals surface area contributed by atoms with E-state index in [2.05, 4.69) is 4.98 Å². The Morgan fingerprint density at radius 2 is 2.21 bits per heavy atom. The average Bonchev–Trinajstić information content (AvgIpc) is 2.01. The molecule has 0 radical (unpaired) electrons. The topological polar surface area (TPSA) is 90.7 Å². The molecule has 1 rings (SSSR count). The zero-order chi connectivity index (χ0) is 10.7. The summed E-state index contributed by atoms with van der Waals surface area (Å²) in [6.45, 7) is 0. The molecule has 0 unspecified atom stereocenters. The van der Waals surface area contributed by atoms with Crippen LogP contribution in [0.5, 0.6) is 0 Å². The highest BCUT2D eigenvalue weighted by molar-refractivity contribution is 6.59. The van der Waals surface area contributed by atoms with E-state index in [1.807, 2.05) is 0 Å². The van der Waals surface area contributed by atoms with E-state index in [1.54, 1.807) is 0 Å². The van der Waals surface area contributed by atoms with Crippen LogP contribution in [0.2, 0.25) is 5.15 Å². The Morgan fingerprint density at radius 1 is 1.57 bits per heavy atom. The second kappa shape index (κ2) is 4.41. The van der Waals surface area contributed by atoms with E-state index in [4.69, 9.17) is 26.8 Å². The van der Waals surface area contributed by atoms with Crippen LogP contribution in [0.25, 0.3) is 0 Å². The van der Waals surface area contributed by atoms with Crippen LogP contribution in [-0.2, 0) is 11.2 Å². The van der Waals surface area contributed by atoms with Crippen molar-refractivity contribution in [3.8, 4) is 0 Å². The lowest BCUT2D eigenvalue weighted by Crippen LogP contribution is -2.34. The van der Waals surface area contributed by atoms with Crippen molar-refractivity contribution < 1.29 is 19.9 Å². The van der Waals surface area contributed by atoms with Gasteiger partial charge in [-0.2, -0.15) is 0 Å². The van der Waals surface area contributed by atoms with Crippen LogP contribution in [0.15, 0.2) is 12.3 Å². The molecule has 14 heavy (non-hydrogen) atoms. The lowest BCUT2D eigenvalue weighted by Gasteiger charge is -2.05. The maximum Gasteiger partial charge on any atom is 0.490 e. The van der Waals surface area contributed by atoms with Crippen molar-refractivity contribution in [1.82, 2.24) is 4.98 Å². The number of hydrogen-bond acceptors (Lipinski definition) is 4. The summed E-state index contributed by atoms with van der Waals surface area (Å²) in [5.74, 6) is -1.07. The van der Waals surface area contributed by atoms with Gasteiger partial charge in [-0.1, -0.05) is 11.6 Å². The number of rotatable bonds is 3. The molecule has 0 saturated carbocycles. The SMILES string of the molecule is O=C(O)Cc1cc(Cl)ncc1B(O)O. The van der Waals surface area contributed by atoms with Gasteiger partial charge in [0.25, 0.3) is 0 Å². The van der Waals surface area contributed by atoms with Crippen molar-refractivity contribution in [2.45, 2.75) is 6.42 Å². The van der Waals surface area contributed by atoms with Gasteiger partial charge in [-0.05, 0) is 11.6 Å². The van der Waals surface area contributed by atoms with Crippen molar-refractivity contribution in [2.75, 3.05) is 0 Å². The van der Waals surface area contributed by atoms with Crippen LogP contribution in [-0.4, -0.2) is 33.2 Å². The van der Waals surface area contributed by atoms with Crippen LogP contribution < -0.4 is 5.46 Å². The number of aliphatic carboxylic acids is 1. The minimum atomic E-state index is -1.74. The molecule has 74 valence electrons. The Bertz CT molecular complexity index is 358. The van der Waals surface area contributed by atoms with E-state index in [1.165, 1.54) is 6.07 Å². The Labute approximate surface area is 85.1 Å². The Morgan fingerprint density at radius 3 is 2.71 bits per heavy atom. The summed E-state index contributed by atoms with van der Waals surface area (Å²) in [6.07, 6.45) is 0.820. The number of hydrogen-bond donors (Lipinski definition) is 3. The highest BCUT2D eigenvalue weighted by Crippen LogP contribution is 2.06. The molecule has 1 heterocycles. The van der Waals surface area contributed by atoms with E-state index < -0.39 is 13.1 Å². The molecule has 0 bridgehead atoms. The molecule has 0 amide bonds. The Balaban J connectivity index is 3.09. The van der Waals surface area contributed by atoms with Gasteiger partial charge >= 0.3 is 13.1 Å². The van der Waals surface area contributed by atoms with Crippen LogP contribution in [0.4, 0.5) is 0 Å². The fourth-order valence-corrected chi connectivity index (χ4v) is 1.21. The first-order valence-electron chi connectivity index (χ1n) is 3.73. The van der Waals surface area contributed by atoms with Crippen molar-refractivity contribution in [3.05, 3.63) is 23.0 Å². The minimum Gasteiger partial charge on any atom is -0.481 e. The third-order valence-electron chi connectivity index (χ3n) is 1.61. The first kappa shape index (κ1) is 11.0. The summed E-state index contributed by atoms with van der Waals surface area (Å²) in [7, 11) is -1.74. The van der Waals surface area contributed by atoms with Crippen molar-refractivity contribution in [2.24, 2.45) is 0 Å². The van der Waals surface area contributed by atoms with Gasteiger partial charge < -0.3 is 15.2 Å². The van der Waals surface area contributed by atoms with Gasteiger partial charge in [-0.15, -0.1) is 0 Å². The van der Waals surface area contributed by atoms with Crippen molar-refractivity contribution in [3.63, 3.8) is 0 Å². The van der Waals surface area contributed by atoms with Gasteiger partial charge in [-0.25, -0.2) is 4.98 Å². The van der Waals surface area contributed by atoms with Gasteiger partial charge in [0.15, 0.2) is 0 Å². The van der Waals surface area contributed by atoms with Gasteiger partial charge in [0.05, 0.1) is 6.42 Å². The smallest absolute Gasteiger partial charge is 0.481 e. The zero-order valence-corrected chi connectivity index (χ0v) is 7.77. The molecule has 7 heteroatoms. The molecule has 0 aromatic carbocycles. The summed E-state index contributed by atoms with van der Waals surface area (Å²) in [4.78, 5) is 14.0. The number of aromatic nitrogens is 1. The summed E-state index contributed by atoms with van der Waals surface area (Å²) < 4.78 is 0. The van der Waals surface area contributed by atoms with E-state index in [0.717, 1.165) is 6.20 Å². The zero-order valence-electron chi connectivity index (χ0n) is 7.01. The number of pyridine rings is 1. The first-order valence-corrected chi connectivity index (χ1v) is 4.10. The lowest BCUT2D eigenvalue weighted by atomic mass is 9.77. The summed E-state index contributed by atoms with van der Waals surface area (Å²) in [5.41, 5.74) is 0.296. The molecule has 5 nitrogen and oxygen atoms in total. The molecule has 0 aliphatic heterocycles. The standard InChI is InChI=1S/C7H7BClNO4/c9-6-1-4(2-7(11)12)5(3-10-6)8(13)14/h1,3,13-14H,2H2,(H,11,12). The van der Waals surface area contributed by atoms with E-state index in [-0.39, 0.29) is 22.6 Å². The largest absolute Gasteiger partial charge is 0.490 e. The third kappa shape index (κ3) is 2.70. The molecule has 1 aromatic rings. The highest BCUT2D eigenvalue weighted by atomic mass is 35.5. The number of carboxylic acid groups (broad SMARTS) is 1. The third-order valence-corrected chi connectivity index (χ3v) is 1.82. The number of nitrogens with zero attached hydrogens (tertiary/aromatic N) is 1. The molecule has 3 N–H and O–H groups in total. The number of carbonyl (C=O) groups is 1. The second-order valence-electron chi connectivity index (χ2n) is 2.65. The maximum absolute atomic E-state index is 10.4. The summed E-state index contributed by atoms with van der Waals surface area (Å²) in [5, 5.41) is 26.4. The first-order chi connectivity index (χ1) is 6.50. The lowest BCUT2D eigenvalue weighted by molar-refractivity contribution is -0.136. The summed E-state index contributed by atoms with van der Waals surface area (Å²) in [6, 6.07) is 1.30. The normalized spacial score (nSPS) is 9.93. The predicted octanol–water partition coefficient (Wildman–Crippen LogP) is -0.958. The molecule has 0 saturated heterocycles. The van der Waals surface area contributed by atoms with Crippen molar-refractivity contribution in [1.29, 1.82) is 0 Å². The fraction of sp³-hybridized carbons (Fsp3) is 0.143. The van der Waals surface area contributed by atoms with E-state index >= 15 is 0 Å². The van der Waals surface area contributed by atoms with Gasteiger partial charge in [-0.3, -0.25) is 4.79 Å². The minimum absolute atomic E-state index is 0.0526. The summed E-state index contributed by atoms with van der Waals surface area (Å²) >= 11 is 5.54. The average molecular weight is 215 g/mol. The molecule has 1 aromatic heterocycles. The monoisotopic (exact) mass is 215 g/mol. The maximum atomic E-state index is 10.4. The van der Waals surface area contributed by atoms with Crippen molar-refractivity contribution >= 4 is 30.2 Å². The van der Waals surface area contributed by atoms with E-state index in [0.29, 0.717) is 0 Å². The van der Waals surface area contributed by atoms with Crippen LogP contribution in [0.3, 0.4) is 0 Å². The molecule has 0 aliphatic carbocycles. The predicted molar refractivity (Wildman–Crippen MR) is 50.4 cm³/mol. The molecule has 0 atom stereocenters. The van der Waals surface area contributed by atoms with Crippen LogP contribution in [0, 0.1) is 0 Å². The van der Waals surface area contributed by atoms with Gasteiger partial charge in [0.2, 0.25) is 0 Å². The fourth-order valence-electron chi connectivity index (χ4n) is 1.03. The van der Waals surface area contributed by atoms with Gasteiger partial charge in [0.1, 0.15) is 5.15 Å². The molecule has 0 spiro atoms. The highest BCUT2D eigenvalue weighted by Gasteiger charge is 2.18. The van der Waals surface area contributed by atoms with E-state index in [9.17, 15) is 4.79 Å². The Kier molecular flexibility index (Phi) is 3.46. The van der Waals surface area contributed by atoms with Crippen LogP contribution in [0.1, 0.15) is 5.56 Å². The Hall–Kier alpha value is -1.11. The number of carboxylic acids is 1.